The van der Waals surface area contributed by atoms with Gasteiger partial charge >= 0.3 is 0 Å². The van der Waals surface area contributed by atoms with Crippen LogP contribution in [0, 0.1) is 25.6 Å². The van der Waals surface area contributed by atoms with Crippen molar-refractivity contribution in [1.82, 2.24) is 9.46 Å². The van der Waals surface area contributed by atoms with Crippen LogP contribution in [0.4, 0.5) is 15.8 Å². The molecule has 2 atom stereocenters. The number of carbonyl (C=O) groups excluding carboxylic acids is 1. The smallest absolute Gasteiger partial charge is 0.227 e. The van der Waals surface area contributed by atoms with Gasteiger partial charge in [-0.2, -0.15) is 0 Å². The Bertz CT molecular complexity index is 1410. The molecule has 0 aliphatic carbocycles. The fourth-order valence-corrected chi connectivity index (χ4v) is 5.57. The summed E-state index contributed by atoms with van der Waals surface area (Å²) in [5.74, 6) is -0.555. The largest absolute Gasteiger partial charge is 0.379 e. The summed E-state index contributed by atoms with van der Waals surface area (Å²) in [4.78, 5) is 13.2. The fraction of sp³-hybridized carbons (Fsp3) is 0.385. The topological polar surface area (TPSA) is 105 Å². The van der Waals surface area contributed by atoms with Crippen LogP contribution in [-0.2, 0) is 21.2 Å². The summed E-state index contributed by atoms with van der Waals surface area (Å²) < 4.78 is 44.5. The Balaban J connectivity index is 1.58. The van der Waals surface area contributed by atoms with E-state index in [1.54, 1.807) is 13.0 Å². The van der Waals surface area contributed by atoms with Crippen LogP contribution >= 0.6 is 11.6 Å². The third-order valence-electron chi connectivity index (χ3n) is 6.55. The Hall–Kier alpha value is -2.95. The molecule has 37 heavy (non-hydrogen) atoms. The van der Waals surface area contributed by atoms with E-state index in [0.29, 0.717) is 48.6 Å². The van der Waals surface area contributed by atoms with Gasteiger partial charge in [0.25, 0.3) is 0 Å². The van der Waals surface area contributed by atoms with E-state index >= 15 is 0 Å². The normalized spacial score (nSPS) is 17.1. The maximum absolute atomic E-state index is 13.9. The molecule has 1 aliphatic rings. The molecule has 8 nitrogen and oxygen atoms in total. The zero-order chi connectivity index (χ0) is 26.9. The van der Waals surface area contributed by atoms with Gasteiger partial charge in [0.05, 0.1) is 28.3 Å². The van der Waals surface area contributed by atoms with Gasteiger partial charge in [0.2, 0.25) is 15.9 Å². The van der Waals surface area contributed by atoms with Gasteiger partial charge in [-0.05, 0) is 62.1 Å². The number of hydrogen-bond acceptors (Lipinski definition) is 6. The number of benzene rings is 2. The highest BCUT2D eigenvalue weighted by molar-refractivity contribution is 7.88. The van der Waals surface area contributed by atoms with Gasteiger partial charge in [-0.15, -0.1) is 0 Å². The number of sulfonamides is 1. The highest BCUT2D eigenvalue weighted by Crippen LogP contribution is 2.34. The van der Waals surface area contributed by atoms with Crippen molar-refractivity contribution in [3.63, 3.8) is 0 Å². The van der Waals surface area contributed by atoms with E-state index in [1.807, 2.05) is 32.0 Å². The van der Waals surface area contributed by atoms with Crippen LogP contribution in [0.3, 0.4) is 0 Å². The minimum atomic E-state index is -3.28. The van der Waals surface area contributed by atoms with E-state index in [4.69, 9.17) is 16.1 Å². The average molecular weight is 549 g/mol. The molecule has 1 unspecified atom stereocenters. The Morgan fingerprint density at radius 3 is 2.62 bits per heavy atom. The predicted molar refractivity (Wildman–Crippen MR) is 143 cm³/mol. The van der Waals surface area contributed by atoms with Crippen LogP contribution in [0.15, 0.2) is 40.9 Å². The second-order valence-electron chi connectivity index (χ2n) is 9.55. The number of halogens is 2. The van der Waals surface area contributed by atoms with E-state index in [9.17, 15) is 17.6 Å². The number of anilines is 2. The van der Waals surface area contributed by atoms with Crippen molar-refractivity contribution in [2.24, 2.45) is 5.92 Å². The van der Waals surface area contributed by atoms with Crippen LogP contribution in [0.1, 0.15) is 30.4 Å². The van der Waals surface area contributed by atoms with Gasteiger partial charge in [-0.3, -0.25) is 4.79 Å². The first-order chi connectivity index (χ1) is 17.4. The van der Waals surface area contributed by atoms with Crippen LogP contribution in [0.5, 0.6) is 0 Å². The van der Waals surface area contributed by atoms with Crippen molar-refractivity contribution in [3.8, 4) is 11.1 Å². The second kappa shape index (κ2) is 10.8. The van der Waals surface area contributed by atoms with E-state index in [2.05, 4.69) is 15.8 Å². The van der Waals surface area contributed by atoms with Crippen molar-refractivity contribution in [1.29, 1.82) is 0 Å². The molecule has 0 spiro atoms. The van der Waals surface area contributed by atoms with Gasteiger partial charge in [0, 0.05) is 30.6 Å². The van der Waals surface area contributed by atoms with Crippen molar-refractivity contribution < 1.29 is 22.1 Å². The molecule has 198 valence electrons. The quantitative estimate of drug-likeness (QED) is 0.410. The molecule has 11 heteroatoms. The molecule has 0 radical (unpaired) electrons. The molecule has 0 bridgehead atoms. The third kappa shape index (κ3) is 6.31. The number of amides is 1. The van der Waals surface area contributed by atoms with E-state index in [-0.39, 0.29) is 17.0 Å². The summed E-state index contributed by atoms with van der Waals surface area (Å²) in [5.41, 5.74) is 4.29. The molecule has 3 aromatic rings. The molecule has 0 saturated carbocycles. The molecule has 4 rings (SSSR count). The molecule has 2 heterocycles. The summed E-state index contributed by atoms with van der Waals surface area (Å²) in [6, 6.07) is 10.0. The second-order valence-corrected chi connectivity index (χ2v) is 11.9. The van der Waals surface area contributed by atoms with Crippen molar-refractivity contribution >= 4 is 38.9 Å². The number of carbonyl (C=O) groups is 1. The molecule has 2 N–H and O–H groups in total. The van der Waals surface area contributed by atoms with Crippen LogP contribution in [0.2, 0.25) is 5.02 Å². The average Bonchev–Trinajstić information content (AvgIpc) is 3.43. The first-order valence-corrected chi connectivity index (χ1v) is 14.2. The lowest BCUT2D eigenvalue weighted by atomic mass is 9.99. The molecule has 1 amide bonds. The summed E-state index contributed by atoms with van der Waals surface area (Å²) in [6.45, 7) is 6.22. The van der Waals surface area contributed by atoms with E-state index < -0.39 is 21.8 Å². The standard InChI is InChI=1S/C26H30ClFN4O4S/c1-15(11-18-5-7-21(27)22(28)12-18)26(33)30-24-13-19(25-16(2)31-36-17(25)3)6-8-23(24)29-20-9-10-32(14-20)37(4,34)35/h5-8,12-13,15,20,29H,9-11,14H2,1-4H3,(H,30,33)/t15-,20?/m0/s1. The number of nitrogens with one attached hydrogen (secondary N) is 2. The van der Waals surface area contributed by atoms with Crippen LogP contribution < -0.4 is 10.6 Å². The molecule has 1 aliphatic heterocycles. The fourth-order valence-electron chi connectivity index (χ4n) is 4.56. The van der Waals surface area contributed by atoms with Gasteiger partial charge < -0.3 is 15.2 Å². The maximum atomic E-state index is 13.9. The Labute approximate surface area is 221 Å². The summed E-state index contributed by atoms with van der Waals surface area (Å²) in [6.07, 6.45) is 2.18. The van der Waals surface area contributed by atoms with E-state index in [1.165, 1.54) is 22.7 Å². The number of aryl methyl sites for hydroxylation is 2. The SMILES string of the molecule is Cc1noc(C)c1-c1ccc(NC2CCN(S(C)(=O)=O)C2)c(NC(=O)[C@@H](C)Cc2ccc(Cl)c(F)c2)c1. The summed E-state index contributed by atoms with van der Waals surface area (Å²) in [7, 11) is -3.28. The highest BCUT2D eigenvalue weighted by Gasteiger charge is 2.29. The van der Waals surface area contributed by atoms with E-state index in [0.717, 1.165) is 16.8 Å². The minimum absolute atomic E-state index is 0.0362. The van der Waals surface area contributed by atoms with Gasteiger partial charge in [-0.1, -0.05) is 35.8 Å². The van der Waals surface area contributed by atoms with Gasteiger partial charge in [0.1, 0.15) is 11.6 Å². The predicted octanol–water partition coefficient (Wildman–Crippen LogP) is 5.01. The van der Waals surface area contributed by atoms with Crippen LogP contribution in [-0.4, -0.2) is 49.2 Å². The number of rotatable bonds is 8. The van der Waals surface area contributed by atoms with Crippen molar-refractivity contribution in [2.45, 2.75) is 39.7 Å². The van der Waals surface area contributed by atoms with Crippen molar-refractivity contribution in [2.75, 3.05) is 30.0 Å². The lowest BCUT2D eigenvalue weighted by molar-refractivity contribution is -0.119. The lowest BCUT2D eigenvalue weighted by Crippen LogP contribution is -2.31. The van der Waals surface area contributed by atoms with Gasteiger partial charge in [-0.25, -0.2) is 17.1 Å². The minimum Gasteiger partial charge on any atom is -0.379 e. The molecule has 1 fully saturated rings. The lowest BCUT2D eigenvalue weighted by Gasteiger charge is -2.20. The molecule has 1 saturated heterocycles. The number of nitrogens with zero attached hydrogens (tertiary/aromatic N) is 2. The molecular weight excluding hydrogens is 519 g/mol. The zero-order valence-electron chi connectivity index (χ0n) is 21.1. The highest BCUT2D eigenvalue weighted by atomic mass is 35.5. The monoisotopic (exact) mass is 548 g/mol. The Morgan fingerprint density at radius 2 is 2.00 bits per heavy atom. The Kier molecular flexibility index (Phi) is 7.91. The molecular formula is C26H30ClFN4O4S. The number of hydrogen-bond donors (Lipinski definition) is 2. The zero-order valence-corrected chi connectivity index (χ0v) is 22.7. The molecule has 2 aromatic carbocycles. The van der Waals surface area contributed by atoms with Crippen LogP contribution in [0.25, 0.3) is 11.1 Å². The van der Waals surface area contributed by atoms with Crippen molar-refractivity contribution in [3.05, 3.63) is 64.3 Å². The maximum Gasteiger partial charge on any atom is 0.227 e. The first kappa shape index (κ1) is 27.1. The molecule has 1 aromatic heterocycles. The number of aromatic nitrogens is 1. The summed E-state index contributed by atoms with van der Waals surface area (Å²) in [5, 5.41) is 10.5. The third-order valence-corrected chi connectivity index (χ3v) is 8.13. The first-order valence-electron chi connectivity index (χ1n) is 12.0. The Morgan fingerprint density at radius 1 is 1.24 bits per heavy atom. The summed E-state index contributed by atoms with van der Waals surface area (Å²) >= 11 is 5.78. The van der Waals surface area contributed by atoms with Gasteiger partial charge in [0.15, 0.2) is 0 Å².